The van der Waals surface area contributed by atoms with Gasteiger partial charge in [-0.2, -0.15) is 0 Å². The molecule has 0 heterocycles. The normalized spacial score (nSPS) is 11.3. The first kappa shape index (κ1) is 17.5. The summed E-state index contributed by atoms with van der Waals surface area (Å²) in [6.07, 6.45) is 2.00. The van der Waals surface area contributed by atoms with Gasteiger partial charge in [0, 0.05) is 23.4 Å². The van der Waals surface area contributed by atoms with Crippen LogP contribution in [-0.2, 0) is 21.1 Å². The fourth-order valence-electron chi connectivity index (χ4n) is 2.08. The molecule has 23 heavy (non-hydrogen) atoms. The number of carbonyl (C=O) groups excluding carboxylic acids is 1. The molecule has 0 bridgehead atoms. The van der Waals surface area contributed by atoms with E-state index in [0.717, 1.165) is 17.4 Å². The predicted octanol–water partition coefficient (Wildman–Crippen LogP) is 3.62. The number of hydrogen-bond donors (Lipinski definition) is 1. The summed E-state index contributed by atoms with van der Waals surface area (Å²) in [5.41, 5.74) is 2.46. The lowest BCUT2D eigenvalue weighted by Gasteiger charge is -2.07. The summed E-state index contributed by atoms with van der Waals surface area (Å²) < 4.78 is 23.0. The Hall–Kier alpha value is -1.85. The topological polar surface area (TPSA) is 63.2 Å². The predicted molar refractivity (Wildman–Crippen MR) is 92.7 cm³/mol. The van der Waals surface area contributed by atoms with Crippen molar-refractivity contribution in [3.8, 4) is 0 Å². The maximum Gasteiger partial charge on any atom is 0.224 e. The summed E-state index contributed by atoms with van der Waals surface area (Å²) in [5.74, 6) is -0.174. The summed E-state index contributed by atoms with van der Waals surface area (Å²) in [4.78, 5) is 12.2. The average molecular weight is 352 g/mol. The second-order valence-electron chi connectivity index (χ2n) is 5.43. The number of benzene rings is 2. The van der Waals surface area contributed by atoms with Gasteiger partial charge < -0.3 is 5.32 Å². The van der Waals surface area contributed by atoms with E-state index in [0.29, 0.717) is 23.6 Å². The van der Waals surface area contributed by atoms with E-state index in [1.54, 1.807) is 12.1 Å². The average Bonchev–Trinajstić information content (AvgIpc) is 2.48. The SMILES string of the molecule is Cc1ccc(CCC(=O)Nc2cccc(S(C)(=O)=O)c2)cc1Cl. The molecule has 0 aromatic heterocycles. The van der Waals surface area contributed by atoms with Crippen LogP contribution in [-0.4, -0.2) is 20.6 Å². The van der Waals surface area contributed by atoms with Gasteiger partial charge in [-0.25, -0.2) is 8.42 Å². The van der Waals surface area contributed by atoms with Crippen LogP contribution in [0.25, 0.3) is 0 Å². The van der Waals surface area contributed by atoms with Crippen molar-refractivity contribution in [2.24, 2.45) is 0 Å². The number of halogens is 1. The molecule has 0 spiro atoms. The largest absolute Gasteiger partial charge is 0.326 e. The molecular weight excluding hydrogens is 334 g/mol. The monoisotopic (exact) mass is 351 g/mol. The number of aryl methyl sites for hydroxylation is 2. The Morgan fingerprint density at radius 1 is 1.17 bits per heavy atom. The summed E-state index contributed by atoms with van der Waals surface area (Å²) in [6.45, 7) is 1.92. The van der Waals surface area contributed by atoms with Crippen molar-refractivity contribution in [2.75, 3.05) is 11.6 Å². The molecular formula is C17H18ClNO3S. The third-order valence-corrected chi connectivity index (χ3v) is 4.94. The maximum absolute atomic E-state index is 12.0. The molecule has 2 rings (SSSR count). The van der Waals surface area contributed by atoms with Crippen LogP contribution in [0.15, 0.2) is 47.4 Å². The lowest BCUT2D eigenvalue weighted by molar-refractivity contribution is -0.116. The molecule has 6 heteroatoms. The number of carbonyl (C=O) groups is 1. The van der Waals surface area contributed by atoms with E-state index in [1.165, 1.54) is 12.1 Å². The van der Waals surface area contributed by atoms with Crippen molar-refractivity contribution in [1.82, 2.24) is 0 Å². The highest BCUT2D eigenvalue weighted by Crippen LogP contribution is 2.18. The fourth-order valence-corrected chi connectivity index (χ4v) is 2.95. The van der Waals surface area contributed by atoms with Gasteiger partial charge in [-0.3, -0.25) is 4.79 Å². The Bertz CT molecular complexity index is 831. The van der Waals surface area contributed by atoms with Crippen LogP contribution in [0, 0.1) is 6.92 Å². The molecule has 0 unspecified atom stereocenters. The number of nitrogens with one attached hydrogen (secondary N) is 1. The number of sulfone groups is 1. The highest BCUT2D eigenvalue weighted by atomic mass is 35.5. The summed E-state index contributed by atoms with van der Waals surface area (Å²) in [5, 5.41) is 3.40. The minimum Gasteiger partial charge on any atom is -0.326 e. The molecule has 2 aromatic carbocycles. The van der Waals surface area contributed by atoms with Crippen LogP contribution in [0.1, 0.15) is 17.5 Å². The first-order valence-corrected chi connectivity index (χ1v) is 9.37. The third-order valence-electron chi connectivity index (χ3n) is 3.42. The Labute approximate surface area is 141 Å². The van der Waals surface area contributed by atoms with Gasteiger partial charge in [-0.15, -0.1) is 0 Å². The van der Waals surface area contributed by atoms with Crippen LogP contribution < -0.4 is 5.32 Å². The fraction of sp³-hybridized carbons (Fsp3) is 0.235. The first-order valence-electron chi connectivity index (χ1n) is 7.11. The van der Waals surface area contributed by atoms with Crippen LogP contribution in [0.2, 0.25) is 5.02 Å². The molecule has 1 amide bonds. The highest BCUT2D eigenvalue weighted by Gasteiger charge is 2.09. The molecule has 0 atom stereocenters. The molecule has 2 aromatic rings. The molecule has 1 N–H and O–H groups in total. The molecule has 0 radical (unpaired) electrons. The Morgan fingerprint density at radius 3 is 2.57 bits per heavy atom. The van der Waals surface area contributed by atoms with Crippen LogP contribution in [0.5, 0.6) is 0 Å². The van der Waals surface area contributed by atoms with Crippen LogP contribution >= 0.6 is 11.6 Å². The third kappa shape index (κ3) is 5.08. The van der Waals surface area contributed by atoms with Crippen LogP contribution in [0.3, 0.4) is 0 Å². The van der Waals surface area contributed by atoms with Crippen LogP contribution in [0.4, 0.5) is 5.69 Å². The second kappa shape index (κ2) is 7.15. The van der Waals surface area contributed by atoms with Gasteiger partial charge in [-0.1, -0.05) is 29.8 Å². The van der Waals surface area contributed by atoms with E-state index < -0.39 is 9.84 Å². The lowest BCUT2D eigenvalue weighted by Crippen LogP contribution is -2.12. The van der Waals surface area contributed by atoms with Gasteiger partial charge in [0.25, 0.3) is 0 Å². The number of anilines is 1. The van der Waals surface area contributed by atoms with Crippen molar-refractivity contribution < 1.29 is 13.2 Å². The van der Waals surface area contributed by atoms with Crippen molar-refractivity contribution in [3.05, 3.63) is 58.6 Å². The minimum atomic E-state index is -3.29. The van der Waals surface area contributed by atoms with Crippen molar-refractivity contribution >= 4 is 33.0 Å². The van der Waals surface area contributed by atoms with Gasteiger partial charge in [-0.05, 0) is 48.7 Å². The van der Waals surface area contributed by atoms with E-state index in [9.17, 15) is 13.2 Å². The van der Waals surface area contributed by atoms with Gasteiger partial charge in [0.15, 0.2) is 9.84 Å². The van der Waals surface area contributed by atoms with Gasteiger partial charge in [0.1, 0.15) is 0 Å². The van der Waals surface area contributed by atoms with Gasteiger partial charge in [0.2, 0.25) is 5.91 Å². The molecule has 0 saturated heterocycles. The molecule has 0 aliphatic rings. The van der Waals surface area contributed by atoms with Gasteiger partial charge in [0.05, 0.1) is 4.90 Å². The Morgan fingerprint density at radius 2 is 1.91 bits per heavy atom. The van der Waals surface area contributed by atoms with Crippen molar-refractivity contribution in [1.29, 1.82) is 0 Å². The molecule has 0 aliphatic carbocycles. The number of hydrogen-bond acceptors (Lipinski definition) is 3. The van der Waals surface area contributed by atoms with E-state index in [1.807, 2.05) is 25.1 Å². The lowest BCUT2D eigenvalue weighted by atomic mass is 10.1. The second-order valence-corrected chi connectivity index (χ2v) is 7.85. The summed E-state index contributed by atoms with van der Waals surface area (Å²) in [7, 11) is -3.29. The highest BCUT2D eigenvalue weighted by molar-refractivity contribution is 7.90. The van der Waals surface area contributed by atoms with E-state index in [4.69, 9.17) is 11.6 Å². The molecule has 122 valence electrons. The molecule has 0 aliphatic heterocycles. The Kier molecular flexibility index (Phi) is 5.44. The number of amides is 1. The van der Waals surface area contributed by atoms with E-state index >= 15 is 0 Å². The summed E-state index contributed by atoms with van der Waals surface area (Å²) in [6, 6.07) is 11.9. The zero-order valence-electron chi connectivity index (χ0n) is 13.0. The van der Waals surface area contributed by atoms with Gasteiger partial charge >= 0.3 is 0 Å². The quantitative estimate of drug-likeness (QED) is 0.894. The zero-order valence-corrected chi connectivity index (χ0v) is 14.5. The van der Waals surface area contributed by atoms with E-state index in [2.05, 4.69) is 5.32 Å². The zero-order chi connectivity index (χ0) is 17.0. The molecule has 0 saturated carbocycles. The molecule has 4 nitrogen and oxygen atoms in total. The molecule has 0 fully saturated rings. The van der Waals surface area contributed by atoms with E-state index in [-0.39, 0.29) is 10.8 Å². The smallest absolute Gasteiger partial charge is 0.224 e. The maximum atomic E-state index is 12.0. The summed E-state index contributed by atoms with van der Waals surface area (Å²) >= 11 is 6.06. The minimum absolute atomic E-state index is 0.174. The first-order chi connectivity index (χ1) is 10.8. The standard InChI is InChI=1S/C17H18ClNO3S/c1-12-6-7-13(10-16(12)18)8-9-17(20)19-14-4-3-5-15(11-14)23(2,21)22/h3-7,10-11H,8-9H2,1-2H3,(H,19,20). The number of rotatable bonds is 5. The Balaban J connectivity index is 1.98. The van der Waals surface area contributed by atoms with Crippen molar-refractivity contribution in [3.63, 3.8) is 0 Å². The van der Waals surface area contributed by atoms with Crippen molar-refractivity contribution in [2.45, 2.75) is 24.7 Å².